The van der Waals surface area contributed by atoms with Gasteiger partial charge in [-0.2, -0.15) is 0 Å². The number of ketones is 1. The maximum absolute atomic E-state index is 13.1. The monoisotopic (exact) mass is 397 g/mol. The third kappa shape index (κ3) is 5.04. The highest BCUT2D eigenvalue weighted by molar-refractivity contribution is 6.15. The number of ether oxygens (including phenoxy) is 1. The van der Waals surface area contributed by atoms with Gasteiger partial charge in [0.15, 0.2) is 5.76 Å². The number of hydrogen-bond donors (Lipinski definition) is 1. The first-order valence-corrected chi connectivity index (χ1v) is 10.3. The van der Waals surface area contributed by atoms with E-state index >= 15 is 0 Å². The van der Waals surface area contributed by atoms with Crippen molar-refractivity contribution in [3.8, 4) is 11.5 Å². The number of rotatable bonds is 9. The standard InChI is InChI=1S/C24H28FNO3/c1-3-5-13-26(14-6-4-2)16-20-21(27)12-11-19-23(28)22(29-24(19)20)15-17-7-9-18(25)10-8-17/h7-12,15,27H,3-6,13-14,16H2,1-2H3/b22-15+. The summed E-state index contributed by atoms with van der Waals surface area (Å²) in [5.41, 5.74) is 1.78. The fourth-order valence-electron chi connectivity index (χ4n) is 3.42. The van der Waals surface area contributed by atoms with Crippen LogP contribution >= 0.6 is 0 Å². The van der Waals surface area contributed by atoms with E-state index in [0.717, 1.165) is 38.8 Å². The zero-order chi connectivity index (χ0) is 20.8. The number of aromatic hydroxyl groups is 1. The number of allylic oxidation sites excluding steroid dienone is 1. The van der Waals surface area contributed by atoms with Crippen molar-refractivity contribution < 1.29 is 19.0 Å². The van der Waals surface area contributed by atoms with Crippen LogP contribution in [0.1, 0.15) is 61.0 Å². The van der Waals surface area contributed by atoms with E-state index < -0.39 is 0 Å². The SMILES string of the molecule is CCCCN(CCCC)Cc1c(O)ccc2c1O/C(=C/c1ccc(F)cc1)C2=O. The summed E-state index contributed by atoms with van der Waals surface area (Å²) >= 11 is 0. The van der Waals surface area contributed by atoms with Crippen molar-refractivity contribution in [1.29, 1.82) is 0 Å². The molecule has 3 rings (SSSR count). The lowest BCUT2D eigenvalue weighted by Gasteiger charge is -2.23. The van der Waals surface area contributed by atoms with Crippen molar-refractivity contribution in [2.45, 2.75) is 46.1 Å². The van der Waals surface area contributed by atoms with Crippen molar-refractivity contribution >= 4 is 11.9 Å². The summed E-state index contributed by atoms with van der Waals surface area (Å²) in [7, 11) is 0. The summed E-state index contributed by atoms with van der Waals surface area (Å²) in [4.78, 5) is 15.1. The molecular formula is C24H28FNO3. The minimum atomic E-state index is -0.333. The molecule has 0 saturated heterocycles. The predicted octanol–water partition coefficient (Wildman–Crippen LogP) is 5.55. The average molecular weight is 397 g/mol. The molecule has 4 nitrogen and oxygen atoms in total. The van der Waals surface area contributed by atoms with Gasteiger partial charge in [0.1, 0.15) is 17.3 Å². The van der Waals surface area contributed by atoms with Gasteiger partial charge in [-0.05, 0) is 61.8 Å². The number of nitrogens with zero attached hydrogens (tertiary/aromatic N) is 1. The molecule has 29 heavy (non-hydrogen) atoms. The van der Waals surface area contributed by atoms with E-state index in [1.54, 1.807) is 30.3 Å². The third-order valence-electron chi connectivity index (χ3n) is 5.12. The molecule has 154 valence electrons. The van der Waals surface area contributed by atoms with E-state index in [-0.39, 0.29) is 23.1 Å². The lowest BCUT2D eigenvalue weighted by molar-refractivity contribution is 0.101. The van der Waals surface area contributed by atoms with Gasteiger partial charge in [-0.3, -0.25) is 9.69 Å². The Morgan fingerprint density at radius 2 is 1.69 bits per heavy atom. The second-order valence-electron chi connectivity index (χ2n) is 7.41. The van der Waals surface area contributed by atoms with Crippen LogP contribution in [0.25, 0.3) is 6.08 Å². The lowest BCUT2D eigenvalue weighted by Crippen LogP contribution is -2.25. The predicted molar refractivity (Wildman–Crippen MR) is 113 cm³/mol. The van der Waals surface area contributed by atoms with Crippen LogP contribution in [0.2, 0.25) is 0 Å². The topological polar surface area (TPSA) is 49.8 Å². The number of Topliss-reactive ketones (excluding diaryl/α,β-unsaturated/α-hetero) is 1. The Morgan fingerprint density at radius 3 is 2.31 bits per heavy atom. The van der Waals surface area contributed by atoms with Crippen LogP contribution < -0.4 is 4.74 Å². The molecule has 1 heterocycles. The third-order valence-corrected chi connectivity index (χ3v) is 5.12. The molecule has 2 aromatic rings. The van der Waals surface area contributed by atoms with Gasteiger partial charge in [0.2, 0.25) is 5.78 Å². The van der Waals surface area contributed by atoms with Gasteiger partial charge in [-0.15, -0.1) is 0 Å². The van der Waals surface area contributed by atoms with Gasteiger partial charge in [-0.1, -0.05) is 38.8 Å². The molecule has 0 radical (unpaired) electrons. The van der Waals surface area contributed by atoms with Crippen LogP contribution in [0, 0.1) is 5.82 Å². The number of carbonyl (C=O) groups excluding carboxylic acids is 1. The average Bonchev–Trinajstić information content (AvgIpc) is 3.03. The van der Waals surface area contributed by atoms with Gasteiger partial charge in [0.05, 0.1) is 11.1 Å². The molecule has 0 aromatic heterocycles. The fourth-order valence-corrected chi connectivity index (χ4v) is 3.42. The lowest BCUT2D eigenvalue weighted by atomic mass is 10.0. The second-order valence-corrected chi connectivity index (χ2v) is 7.41. The Labute approximate surface area is 171 Å². The molecule has 1 aliphatic heterocycles. The maximum Gasteiger partial charge on any atom is 0.231 e. The number of unbranched alkanes of at least 4 members (excludes halogenated alkanes) is 2. The largest absolute Gasteiger partial charge is 0.507 e. The summed E-state index contributed by atoms with van der Waals surface area (Å²) in [6.07, 6.45) is 5.96. The molecule has 1 N–H and O–H groups in total. The van der Waals surface area contributed by atoms with Gasteiger partial charge in [0, 0.05) is 6.54 Å². The fraction of sp³-hybridized carbons (Fsp3) is 0.375. The van der Waals surface area contributed by atoms with Crippen LogP contribution in [-0.2, 0) is 6.54 Å². The minimum absolute atomic E-state index is 0.137. The Morgan fingerprint density at radius 1 is 1.03 bits per heavy atom. The molecule has 0 aliphatic carbocycles. The first-order valence-electron chi connectivity index (χ1n) is 10.3. The minimum Gasteiger partial charge on any atom is -0.507 e. The molecule has 0 unspecified atom stereocenters. The van der Waals surface area contributed by atoms with E-state index in [2.05, 4.69) is 18.7 Å². The van der Waals surface area contributed by atoms with E-state index in [4.69, 9.17) is 4.74 Å². The van der Waals surface area contributed by atoms with E-state index in [1.807, 2.05) is 0 Å². The van der Waals surface area contributed by atoms with Gasteiger partial charge < -0.3 is 9.84 Å². The zero-order valence-electron chi connectivity index (χ0n) is 17.1. The number of hydrogen-bond acceptors (Lipinski definition) is 4. The van der Waals surface area contributed by atoms with E-state index in [9.17, 15) is 14.3 Å². The molecule has 0 amide bonds. The highest BCUT2D eigenvalue weighted by Gasteiger charge is 2.31. The van der Waals surface area contributed by atoms with Crippen molar-refractivity contribution in [3.63, 3.8) is 0 Å². The summed E-state index contributed by atoms with van der Waals surface area (Å²) in [5, 5.41) is 10.5. The zero-order valence-corrected chi connectivity index (χ0v) is 17.1. The van der Waals surface area contributed by atoms with Crippen molar-refractivity contribution in [1.82, 2.24) is 4.90 Å². The number of phenols is 1. The number of halogens is 1. The molecular weight excluding hydrogens is 369 g/mol. The van der Waals surface area contributed by atoms with E-state index in [1.165, 1.54) is 12.1 Å². The van der Waals surface area contributed by atoms with Gasteiger partial charge in [-0.25, -0.2) is 4.39 Å². The Kier molecular flexibility index (Phi) is 7.04. The molecule has 0 saturated carbocycles. The van der Waals surface area contributed by atoms with Crippen LogP contribution in [0.4, 0.5) is 4.39 Å². The molecule has 0 spiro atoms. The molecule has 2 aromatic carbocycles. The molecule has 1 aliphatic rings. The Hall–Kier alpha value is -2.66. The van der Waals surface area contributed by atoms with E-state index in [0.29, 0.717) is 29.0 Å². The Bertz CT molecular complexity index is 882. The van der Waals surface area contributed by atoms with Gasteiger partial charge in [0.25, 0.3) is 0 Å². The Balaban J connectivity index is 1.88. The maximum atomic E-state index is 13.1. The number of benzene rings is 2. The smallest absolute Gasteiger partial charge is 0.231 e. The van der Waals surface area contributed by atoms with Crippen molar-refractivity contribution in [3.05, 3.63) is 64.7 Å². The summed E-state index contributed by atoms with van der Waals surface area (Å²) in [6.45, 7) is 6.72. The first kappa shape index (κ1) is 21.1. The van der Waals surface area contributed by atoms with Crippen LogP contribution in [0.3, 0.4) is 0 Å². The highest BCUT2D eigenvalue weighted by Crippen LogP contribution is 2.40. The van der Waals surface area contributed by atoms with Gasteiger partial charge >= 0.3 is 0 Å². The highest BCUT2D eigenvalue weighted by atomic mass is 19.1. The quantitative estimate of drug-likeness (QED) is 0.564. The molecule has 0 atom stereocenters. The summed E-state index contributed by atoms with van der Waals surface area (Å²) in [5.74, 6) is 0.200. The summed E-state index contributed by atoms with van der Waals surface area (Å²) in [6, 6.07) is 9.04. The van der Waals surface area contributed by atoms with Crippen molar-refractivity contribution in [2.75, 3.05) is 13.1 Å². The molecule has 0 fully saturated rings. The molecule has 0 bridgehead atoms. The van der Waals surface area contributed by atoms with Crippen LogP contribution in [0.15, 0.2) is 42.2 Å². The number of phenolic OH excluding ortho intramolecular Hbond substituents is 1. The normalized spacial score (nSPS) is 14.5. The van der Waals surface area contributed by atoms with Crippen LogP contribution in [0.5, 0.6) is 11.5 Å². The van der Waals surface area contributed by atoms with Crippen LogP contribution in [-0.4, -0.2) is 28.9 Å². The molecule has 5 heteroatoms. The summed E-state index contributed by atoms with van der Waals surface area (Å²) < 4.78 is 19.0. The number of carbonyl (C=O) groups is 1. The van der Waals surface area contributed by atoms with Crippen molar-refractivity contribution in [2.24, 2.45) is 0 Å². The second kappa shape index (κ2) is 9.70. The first-order chi connectivity index (χ1) is 14.0. The number of fused-ring (bicyclic) bond motifs is 1.